The van der Waals surface area contributed by atoms with E-state index in [0.29, 0.717) is 0 Å². The monoisotopic (exact) mass is 220 g/mol. The van der Waals surface area contributed by atoms with Gasteiger partial charge in [-0.25, -0.2) is 4.39 Å². The normalized spacial score (nSPS) is 11.6. The Morgan fingerprint density at radius 2 is 1.73 bits per heavy atom. The van der Waals surface area contributed by atoms with E-state index in [0.717, 1.165) is 6.07 Å². The van der Waals surface area contributed by atoms with Crippen molar-refractivity contribution in [1.29, 1.82) is 0 Å². The van der Waals surface area contributed by atoms with E-state index in [1.54, 1.807) is 0 Å². The summed E-state index contributed by atoms with van der Waals surface area (Å²) in [4.78, 5) is 10.5. The average molecular weight is 220 g/mol. The van der Waals surface area contributed by atoms with Crippen LogP contribution in [-0.2, 0) is 6.18 Å². The zero-order valence-electron chi connectivity index (χ0n) is 8.07. The zero-order chi connectivity index (χ0) is 11.8. The van der Waals surface area contributed by atoms with Crippen molar-refractivity contribution in [2.45, 2.75) is 20.0 Å². The summed E-state index contributed by atoms with van der Waals surface area (Å²) in [7, 11) is 0. The first-order valence-electron chi connectivity index (χ1n) is 4.11. The molecule has 0 aliphatic carbocycles. The molecule has 0 saturated heterocycles. The van der Waals surface area contributed by atoms with Crippen LogP contribution in [0.1, 0.15) is 27.0 Å². The van der Waals surface area contributed by atoms with Crippen LogP contribution in [0.4, 0.5) is 17.6 Å². The number of hydrogen-bond donors (Lipinski definition) is 0. The smallest absolute Gasteiger partial charge is 0.298 e. The van der Waals surface area contributed by atoms with Gasteiger partial charge in [-0.2, -0.15) is 13.2 Å². The number of benzene rings is 1. The number of rotatable bonds is 1. The van der Waals surface area contributed by atoms with E-state index in [1.165, 1.54) is 13.8 Å². The Kier molecular flexibility index (Phi) is 2.83. The van der Waals surface area contributed by atoms with Gasteiger partial charge in [-0.15, -0.1) is 0 Å². The number of carbonyl (C=O) groups excluding carboxylic acids is 1. The third-order valence-electron chi connectivity index (χ3n) is 2.08. The Bertz CT molecular complexity index is 407. The van der Waals surface area contributed by atoms with E-state index >= 15 is 0 Å². The lowest BCUT2D eigenvalue weighted by atomic mass is 9.98. The summed E-state index contributed by atoms with van der Waals surface area (Å²) in [5.41, 5.74) is -2.23. The van der Waals surface area contributed by atoms with Crippen molar-refractivity contribution >= 4 is 6.29 Å². The minimum absolute atomic E-state index is 0.0302. The highest BCUT2D eigenvalue weighted by atomic mass is 19.4. The maximum absolute atomic E-state index is 13.2. The van der Waals surface area contributed by atoms with Gasteiger partial charge in [-0.05, 0) is 25.0 Å². The van der Waals surface area contributed by atoms with E-state index in [2.05, 4.69) is 0 Å². The molecule has 1 rings (SSSR count). The topological polar surface area (TPSA) is 17.1 Å². The molecule has 0 bridgehead atoms. The van der Waals surface area contributed by atoms with Gasteiger partial charge in [0.15, 0.2) is 6.29 Å². The van der Waals surface area contributed by atoms with Crippen molar-refractivity contribution in [3.63, 3.8) is 0 Å². The average Bonchev–Trinajstić information content (AvgIpc) is 2.08. The van der Waals surface area contributed by atoms with E-state index in [4.69, 9.17) is 0 Å². The molecule has 0 unspecified atom stereocenters. The van der Waals surface area contributed by atoms with Gasteiger partial charge in [-0.1, -0.05) is 6.07 Å². The van der Waals surface area contributed by atoms with Crippen molar-refractivity contribution in [2.24, 2.45) is 0 Å². The van der Waals surface area contributed by atoms with Crippen LogP contribution in [0.2, 0.25) is 0 Å². The first-order chi connectivity index (χ1) is 6.79. The molecule has 0 aromatic heterocycles. The Balaban J connectivity index is 3.64. The molecule has 0 radical (unpaired) electrons. The van der Waals surface area contributed by atoms with Crippen LogP contribution in [0, 0.1) is 19.7 Å². The number of aldehydes is 1. The van der Waals surface area contributed by atoms with Crippen LogP contribution in [0.5, 0.6) is 0 Å². The van der Waals surface area contributed by atoms with Crippen molar-refractivity contribution in [3.05, 3.63) is 34.1 Å². The molecule has 82 valence electrons. The minimum atomic E-state index is -4.71. The standard InChI is InChI=1S/C10H8F4O/c1-5-3-6(2)9(11)7(4-15)8(5)10(12,13)14/h3-4H,1-2H3. The van der Waals surface area contributed by atoms with Gasteiger partial charge in [0, 0.05) is 0 Å². The lowest BCUT2D eigenvalue weighted by Crippen LogP contribution is -2.13. The predicted octanol–water partition coefficient (Wildman–Crippen LogP) is 3.27. The second-order valence-corrected chi connectivity index (χ2v) is 3.23. The summed E-state index contributed by atoms with van der Waals surface area (Å²) in [6.07, 6.45) is -4.81. The van der Waals surface area contributed by atoms with Crippen LogP contribution in [0.3, 0.4) is 0 Å². The highest BCUT2D eigenvalue weighted by Gasteiger charge is 2.36. The van der Waals surface area contributed by atoms with Crippen molar-refractivity contribution in [2.75, 3.05) is 0 Å². The molecule has 0 saturated carbocycles. The van der Waals surface area contributed by atoms with Gasteiger partial charge in [-0.3, -0.25) is 4.79 Å². The molecular formula is C10H8F4O. The van der Waals surface area contributed by atoms with Gasteiger partial charge < -0.3 is 0 Å². The highest BCUT2D eigenvalue weighted by molar-refractivity contribution is 5.79. The summed E-state index contributed by atoms with van der Waals surface area (Å²) >= 11 is 0. The highest BCUT2D eigenvalue weighted by Crippen LogP contribution is 2.35. The molecule has 0 aliphatic rings. The van der Waals surface area contributed by atoms with Crippen molar-refractivity contribution in [3.8, 4) is 0 Å². The van der Waals surface area contributed by atoms with Crippen molar-refractivity contribution in [1.82, 2.24) is 0 Å². The Morgan fingerprint density at radius 3 is 2.13 bits per heavy atom. The van der Waals surface area contributed by atoms with E-state index in [-0.39, 0.29) is 17.4 Å². The summed E-state index contributed by atoms with van der Waals surface area (Å²) < 4.78 is 50.7. The van der Waals surface area contributed by atoms with Crippen LogP contribution < -0.4 is 0 Å². The largest absolute Gasteiger partial charge is 0.417 e. The quantitative estimate of drug-likeness (QED) is 0.524. The van der Waals surface area contributed by atoms with E-state index < -0.39 is 23.1 Å². The maximum atomic E-state index is 13.2. The van der Waals surface area contributed by atoms with Crippen LogP contribution in [0.25, 0.3) is 0 Å². The first kappa shape index (κ1) is 11.7. The molecule has 0 fully saturated rings. The SMILES string of the molecule is Cc1cc(C)c(C(F)(F)F)c(C=O)c1F. The van der Waals surface area contributed by atoms with Crippen LogP contribution in [0.15, 0.2) is 6.07 Å². The summed E-state index contributed by atoms with van der Waals surface area (Å²) in [6.45, 7) is 2.51. The minimum Gasteiger partial charge on any atom is -0.298 e. The lowest BCUT2D eigenvalue weighted by molar-refractivity contribution is -0.138. The summed E-state index contributed by atoms with van der Waals surface area (Å²) in [6, 6.07) is 1.07. The zero-order valence-corrected chi connectivity index (χ0v) is 8.07. The molecular weight excluding hydrogens is 212 g/mol. The molecule has 1 nitrogen and oxygen atoms in total. The van der Waals surface area contributed by atoms with E-state index in [1.807, 2.05) is 0 Å². The predicted molar refractivity (Wildman–Crippen MR) is 46.3 cm³/mol. The summed E-state index contributed by atoms with van der Waals surface area (Å²) in [5, 5.41) is 0. The third kappa shape index (κ3) is 2.00. The number of hydrogen-bond acceptors (Lipinski definition) is 1. The van der Waals surface area contributed by atoms with Crippen molar-refractivity contribution < 1.29 is 22.4 Å². The number of alkyl halides is 3. The van der Waals surface area contributed by atoms with Gasteiger partial charge in [0.05, 0.1) is 11.1 Å². The first-order valence-corrected chi connectivity index (χ1v) is 4.11. The third-order valence-corrected chi connectivity index (χ3v) is 2.08. The Morgan fingerprint density at radius 1 is 1.20 bits per heavy atom. The molecule has 5 heteroatoms. The number of aryl methyl sites for hydroxylation is 2. The molecule has 0 aliphatic heterocycles. The molecule has 1 aromatic rings. The lowest BCUT2D eigenvalue weighted by Gasteiger charge is -2.14. The number of halogens is 4. The van der Waals surface area contributed by atoms with Gasteiger partial charge in [0.2, 0.25) is 0 Å². The van der Waals surface area contributed by atoms with E-state index in [9.17, 15) is 22.4 Å². The van der Waals surface area contributed by atoms with Crippen LogP contribution in [-0.4, -0.2) is 6.29 Å². The van der Waals surface area contributed by atoms with Gasteiger partial charge >= 0.3 is 6.18 Å². The Labute approximate surface area is 83.7 Å². The van der Waals surface area contributed by atoms with Crippen LogP contribution >= 0.6 is 0 Å². The Hall–Kier alpha value is -1.39. The van der Waals surface area contributed by atoms with Gasteiger partial charge in [0.25, 0.3) is 0 Å². The molecule has 0 N–H and O–H groups in total. The molecule has 15 heavy (non-hydrogen) atoms. The fourth-order valence-corrected chi connectivity index (χ4v) is 1.48. The second-order valence-electron chi connectivity index (χ2n) is 3.23. The molecule has 0 atom stereocenters. The molecule has 0 amide bonds. The molecule has 1 aromatic carbocycles. The van der Waals surface area contributed by atoms with Gasteiger partial charge in [0.1, 0.15) is 5.82 Å². The molecule has 0 spiro atoms. The fraction of sp³-hybridized carbons (Fsp3) is 0.300. The summed E-state index contributed by atoms with van der Waals surface area (Å²) in [5.74, 6) is -1.11. The number of carbonyl (C=O) groups is 1. The fourth-order valence-electron chi connectivity index (χ4n) is 1.48. The maximum Gasteiger partial charge on any atom is 0.417 e. The molecule has 0 heterocycles. The second kappa shape index (κ2) is 3.64.